The van der Waals surface area contributed by atoms with Crippen molar-refractivity contribution in [3.63, 3.8) is 0 Å². The van der Waals surface area contributed by atoms with E-state index in [9.17, 15) is 32.5 Å². The first kappa shape index (κ1) is 40.6. The summed E-state index contributed by atoms with van der Waals surface area (Å²) >= 11 is 2.25. The van der Waals surface area contributed by atoms with E-state index in [0.717, 1.165) is 22.7 Å². The number of aromatic nitrogens is 4. The number of ketones is 2. The van der Waals surface area contributed by atoms with Crippen LogP contribution in [0.1, 0.15) is 107 Å². The lowest BCUT2D eigenvalue weighted by molar-refractivity contribution is -0.151. The van der Waals surface area contributed by atoms with E-state index in [0.29, 0.717) is 57.2 Å². The van der Waals surface area contributed by atoms with E-state index in [4.69, 9.17) is 18.5 Å². The molecular formula is C38H36F2N4O9PS2+. The maximum Gasteiger partial charge on any atom is 0.697 e. The Hall–Kier alpha value is -5.06. The zero-order valence-electron chi connectivity index (χ0n) is 30.2. The van der Waals surface area contributed by atoms with Gasteiger partial charge in [-0.05, 0) is 62.1 Å². The lowest BCUT2D eigenvalue weighted by Crippen LogP contribution is -2.12. The fourth-order valence-electron chi connectivity index (χ4n) is 5.77. The van der Waals surface area contributed by atoms with Crippen LogP contribution in [-0.2, 0) is 32.7 Å². The number of rotatable bonds is 20. The Labute approximate surface area is 327 Å². The number of halogens is 2. The number of benzene rings is 2. The van der Waals surface area contributed by atoms with Gasteiger partial charge in [-0.1, -0.05) is 13.8 Å². The molecule has 292 valence electrons. The second kappa shape index (κ2) is 18.7. The van der Waals surface area contributed by atoms with Crippen molar-refractivity contribution in [2.24, 2.45) is 0 Å². The van der Waals surface area contributed by atoms with Crippen LogP contribution in [0.3, 0.4) is 0 Å². The molecule has 0 aliphatic heterocycles. The predicted octanol–water partition coefficient (Wildman–Crippen LogP) is 9.24. The molecule has 18 heteroatoms. The van der Waals surface area contributed by atoms with E-state index < -0.39 is 44.0 Å². The van der Waals surface area contributed by atoms with Gasteiger partial charge in [-0.3, -0.25) is 19.2 Å². The van der Waals surface area contributed by atoms with Crippen molar-refractivity contribution in [1.82, 2.24) is 19.9 Å². The van der Waals surface area contributed by atoms with Crippen molar-refractivity contribution in [2.75, 3.05) is 13.2 Å². The Morgan fingerprint density at radius 3 is 1.55 bits per heavy atom. The van der Waals surface area contributed by atoms with E-state index in [1.165, 1.54) is 48.8 Å². The summed E-state index contributed by atoms with van der Waals surface area (Å²) in [4.78, 5) is 65.9. The molecule has 4 aromatic heterocycles. The molecule has 0 fully saturated rings. The molecule has 4 heterocycles. The van der Waals surface area contributed by atoms with E-state index in [1.807, 2.05) is 13.8 Å². The number of hydrogen-bond acceptors (Lipinski definition) is 13. The third-order valence-electron chi connectivity index (χ3n) is 8.60. The largest absolute Gasteiger partial charge is 0.697 e. The van der Waals surface area contributed by atoms with Crippen LogP contribution < -0.4 is 0 Å². The van der Waals surface area contributed by atoms with Gasteiger partial charge in [-0.25, -0.2) is 18.7 Å². The Bertz CT molecular complexity index is 2230. The standard InChI is InChI=1S/C38H35F2N4O9PS2/c1-3-31(29-19-55-37(43-29)35(47)25-17-41-27-15-21(39)9-11-23(25)27)52-33(45)7-5-13-50-54(49)51-14-6-8-34(46)53-32(4-2)30-20-56-38(44-30)36(48)26-18-42-28-16-22(40)10-12-24(26)28/h9-12,15-20,31-32H,3-8,13-14H2,1-2H3,(H-,41,42,47,48)/p+1/t31-,32-/m0/s1. The predicted molar refractivity (Wildman–Crippen MR) is 204 cm³/mol. The summed E-state index contributed by atoms with van der Waals surface area (Å²) in [6.45, 7) is 3.56. The van der Waals surface area contributed by atoms with Crippen molar-refractivity contribution in [2.45, 2.75) is 64.6 Å². The topological polar surface area (TPSA) is 180 Å². The highest BCUT2D eigenvalue weighted by Gasteiger charge is 2.26. The van der Waals surface area contributed by atoms with Crippen LogP contribution in [-0.4, -0.2) is 56.7 Å². The molecule has 13 nitrogen and oxygen atoms in total. The Morgan fingerprint density at radius 1 is 0.714 bits per heavy atom. The van der Waals surface area contributed by atoms with Crippen LogP contribution in [0.25, 0.3) is 21.8 Å². The number of esters is 2. The maximum absolute atomic E-state index is 13.6. The number of hydrogen-bond donors (Lipinski definition) is 2. The smallest absolute Gasteiger partial charge is 0.456 e. The summed E-state index contributed by atoms with van der Waals surface area (Å²) in [7, 11) is -2.50. The molecule has 56 heavy (non-hydrogen) atoms. The number of fused-ring (bicyclic) bond motifs is 2. The van der Waals surface area contributed by atoms with Gasteiger partial charge < -0.3 is 19.4 Å². The van der Waals surface area contributed by atoms with Gasteiger partial charge in [0.1, 0.15) is 37.1 Å². The van der Waals surface area contributed by atoms with E-state index in [1.54, 1.807) is 10.8 Å². The van der Waals surface area contributed by atoms with Crippen molar-refractivity contribution in [3.05, 3.63) is 104 Å². The van der Waals surface area contributed by atoms with E-state index in [-0.39, 0.29) is 60.5 Å². The molecule has 2 aromatic carbocycles. The normalized spacial score (nSPS) is 12.5. The molecule has 0 saturated heterocycles. The van der Waals surface area contributed by atoms with Crippen molar-refractivity contribution in [1.29, 1.82) is 0 Å². The molecule has 0 aliphatic rings. The number of carbonyl (C=O) groups is 4. The molecule has 2 N–H and O–H groups in total. The highest BCUT2D eigenvalue weighted by atomic mass is 32.1. The number of aromatic amines is 2. The highest BCUT2D eigenvalue weighted by Crippen LogP contribution is 2.30. The molecular weight excluding hydrogens is 790 g/mol. The van der Waals surface area contributed by atoms with Crippen LogP contribution >= 0.6 is 30.9 Å². The van der Waals surface area contributed by atoms with Gasteiger partial charge in [0.05, 0.1) is 22.5 Å². The number of H-pyrrole nitrogens is 2. The van der Waals surface area contributed by atoms with Crippen molar-refractivity contribution in [3.8, 4) is 0 Å². The van der Waals surface area contributed by atoms with Crippen LogP contribution in [0.2, 0.25) is 0 Å². The molecule has 0 amide bonds. The molecule has 0 saturated carbocycles. The summed E-state index contributed by atoms with van der Waals surface area (Å²) < 4.78 is 60.8. The van der Waals surface area contributed by atoms with Gasteiger partial charge in [0, 0.05) is 62.4 Å². The molecule has 0 bridgehead atoms. The monoisotopic (exact) mass is 825 g/mol. The van der Waals surface area contributed by atoms with E-state index in [2.05, 4.69) is 19.9 Å². The number of nitrogens with one attached hydrogen (secondary N) is 2. The SMILES string of the molecule is CC[C@H](OC(=O)CCCO[P+](=O)OCCCC(=O)O[C@@H](CC)c1csc(C(=O)c2c[nH]c3cc(F)ccc23)n1)c1csc(C(=O)c2c[nH]c3cc(F)ccc23)n1. The van der Waals surface area contributed by atoms with Crippen molar-refractivity contribution >= 4 is 76.2 Å². The zero-order chi connectivity index (χ0) is 39.8. The number of nitrogens with zero attached hydrogens (tertiary/aromatic N) is 2. The summed E-state index contributed by atoms with van der Waals surface area (Å²) in [5.74, 6) is -2.55. The summed E-state index contributed by atoms with van der Waals surface area (Å²) in [5, 5.41) is 4.90. The highest BCUT2D eigenvalue weighted by molar-refractivity contribution is 7.33. The minimum atomic E-state index is -2.50. The first-order chi connectivity index (χ1) is 27.0. The van der Waals surface area contributed by atoms with Crippen LogP contribution in [0, 0.1) is 11.6 Å². The molecule has 6 aromatic rings. The molecule has 0 unspecified atom stereocenters. The first-order valence-corrected chi connectivity index (χ1v) is 20.6. The zero-order valence-corrected chi connectivity index (χ0v) is 32.7. The Morgan fingerprint density at radius 2 is 1.14 bits per heavy atom. The molecule has 0 aliphatic carbocycles. The van der Waals surface area contributed by atoms with Gasteiger partial charge in [-0.15, -0.1) is 31.7 Å². The fraction of sp³-hybridized carbons (Fsp3) is 0.316. The summed E-state index contributed by atoms with van der Waals surface area (Å²) in [5.41, 5.74) is 2.59. The molecule has 6 rings (SSSR count). The van der Waals surface area contributed by atoms with Gasteiger partial charge in [0.25, 0.3) is 0 Å². The van der Waals surface area contributed by atoms with Crippen LogP contribution in [0.5, 0.6) is 0 Å². The average molecular weight is 826 g/mol. The third kappa shape index (κ3) is 9.84. The second-order valence-corrected chi connectivity index (χ2v) is 15.1. The fourth-order valence-corrected chi connectivity index (χ4v) is 8.02. The van der Waals surface area contributed by atoms with Crippen molar-refractivity contribution < 1.29 is 51.0 Å². The maximum atomic E-state index is 13.6. The van der Waals surface area contributed by atoms with Gasteiger partial charge >= 0.3 is 20.2 Å². The van der Waals surface area contributed by atoms with Gasteiger partial charge in [-0.2, -0.15) is 0 Å². The average Bonchev–Trinajstić information content (AvgIpc) is 4.02. The molecule has 0 radical (unpaired) electrons. The third-order valence-corrected chi connectivity index (χ3v) is 11.1. The van der Waals surface area contributed by atoms with Gasteiger partial charge in [0.15, 0.2) is 10.0 Å². The quantitative estimate of drug-likeness (QED) is 0.0324. The van der Waals surface area contributed by atoms with E-state index >= 15 is 0 Å². The summed E-state index contributed by atoms with van der Waals surface area (Å²) in [6.07, 6.45) is 2.88. The minimum absolute atomic E-state index is 0.0230. The Kier molecular flexibility index (Phi) is 13.6. The second-order valence-electron chi connectivity index (χ2n) is 12.5. The Balaban J connectivity index is 0.865. The number of thiazole rings is 2. The first-order valence-electron chi connectivity index (χ1n) is 17.7. The van der Waals surface area contributed by atoms with Gasteiger partial charge in [0.2, 0.25) is 11.6 Å². The van der Waals surface area contributed by atoms with Crippen LogP contribution in [0.4, 0.5) is 8.78 Å². The van der Waals surface area contributed by atoms with Crippen LogP contribution in [0.15, 0.2) is 59.6 Å². The lowest BCUT2D eigenvalue weighted by atomic mass is 10.1. The lowest BCUT2D eigenvalue weighted by Gasteiger charge is -2.13. The minimum Gasteiger partial charge on any atom is -0.456 e. The molecule has 0 spiro atoms. The number of carbonyl (C=O) groups excluding carboxylic acids is 4. The molecule has 2 atom stereocenters. The number of ether oxygens (including phenoxy) is 2. The summed E-state index contributed by atoms with van der Waals surface area (Å²) in [6, 6.07) is 8.23.